The van der Waals surface area contributed by atoms with Crippen molar-refractivity contribution in [2.24, 2.45) is 0 Å². The van der Waals surface area contributed by atoms with Crippen LogP contribution in [0.5, 0.6) is 0 Å². The fraction of sp³-hybridized carbons (Fsp3) is 0.250. The molecule has 0 saturated carbocycles. The van der Waals surface area contributed by atoms with Crippen LogP contribution in [0.15, 0.2) is 18.5 Å². The molecule has 0 atom stereocenters. The van der Waals surface area contributed by atoms with Crippen molar-refractivity contribution in [3.63, 3.8) is 0 Å². The smallest absolute Gasteiger partial charge is 0.172 e. The topological polar surface area (TPSA) is 69.1 Å². The highest BCUT2D eigenvalue weighted by Gasteiger charge is 2.14. The highest BCUT2D eigenvalue weighted by molar-refractivity contribution is 7.16. The standard InChI is InChI=1S/C12H13N5S/c1-3-8-5-9(11(13)18-8)12-16-15-10-4-7(2)14-6-17(10)12/h4-6H,3,13H2,1-2H3. The Morgan fingerprint density at radius 2 is 2.17 bits per heavy atom. The zero-order valence-corrected chi connectivity index (χ0v) is 11.0. The first-order chi connectivity index (χ1) is 8.69. The number of hydrogen-bond acceptors (Lipinski definition) is 5. The second-order valence-corrected chi connectivity index (χ2v) is 5.29. The molecule has 0 spiro atoms. The number of nitrogens with zero attached hydrogens (tertiary/aromatic N) is 4. The number of anilines is 1. The number of aromatic nitrogens is 4. The van der Waals surface area contributed by atoms with Crippen molar-refractivity contribution < 1.29 is 0 Å². The summed E-state index contributed by atoms with van der Waals surface area (Å²) in [6.07, 6.45) is 2.71. The van der Waals surface area contributed by atoms with E-state index in [1.165, 1.54) is 4.88 Å². The summed E-state index contributed by atoms with van der Waals surface area (Å²) < 4.78 is 1.87. The molecule has 0 aliphatic heterocycles. The molecule has 3 rings (SSSR count). The van der Waals surface area contributed by atoms with Crippen LogP contribution in [-0.4, -0.2) is 19.6 Å². The van der Waals surface area contributed by atoms with E-state index < -0.39 is 0 Å². The highest BCUT2D eigenvalue weighted by atomic mass is 32.1. The number of nitrogen functional groups attached to an aromatic ring is 1. The van der Waals surface area contributed by atoms with E-state index in [0.29, 0.717) is 0 Å². The van der Waals surface area contributed by atoms with Crippen LogP contribution in [0.4, 0.5) is 5.00 Å². The first kappa shape index (κ1) is 11.2. The average molecular weight is 259 g/mol. The quantitative estimate of drug-likeness (QED) is 0.766. The van der Waals surface area contributed by atoms with E-state index in [1.54, 1.807) is 17.7 Å². The van der Waals surface area contributed by atoms with Crippen LogP contribution in [0.25, 0.3) is 17.0 Å². The summed E-state index contributed by atoms with van der Waals surface area (Å²) in [5.41, 5.74) is 8.70. The summed E-state index contributed by atoms with van der Waals surface area (Å²) >= 11 is 1.60. The van der Waals surface area contributed by atoms with Crippen molar-refractivity contribution in [3.05, 3.63) is 29.0 Å². The highest BCUT2D eigenvalue weighted by Crippen LogP contribution is 2.33. The van der Waals surface area contributed by atoms with E-state index in [4.69, 9.17) is 5.73 Å². The molecular formula is C12H13N5S. The Labute approximate surface area is 108 Å². The molecule has 0 bridgehead atoms. The Hall–Kier alpha value is -1.95. The van der Waals surface area contributed by atoms with Crippen molar-refractivity contribution in [2.45, 2.75) is 20.3 Å². The van der Waals surface area contributed by atoms with E-state index >= 15 is 0 Å². The van der Waals surface area contributed by atoms with E-state index in [-0.39, 0.29) is 0 Å². The maximum absolute atomic E-state index is 6.05. The van der Waals surface area contributed by atoms with Crippen LogP contribution in [-0.2, 0) is 6.42 Å². The third-order valence-electron chi connectivity index (χ3n) is 2.84. The van der Waals surface area contributed by atoms with Crippen LogP contribution in [0.1, 0.15) is 17.5 Å². The number of rotatable bonds is 2. The lowest BCUT2D eigenvalue weighted by Gasteiger charge is -1.98. The second kappa shape index (κ2) is 4.06. The Balaban J connectivity index is 2.22. The molecule has 0 aromatic carbocycles. The molecule has 0 fully saturated rings. The summed E-state index contributed by atoms with van der Waals surface area (Å²) in [5.74, 6) is 0.756. The zero-order chi connectivity index (χ0) is 12.7. The van der Waals surface area contributed by atoms with Crippen molar-refractivity contribution in [1.82, 2.24) is 19.6 Å². The van der Waals surface area contributed by atoms with E-state index in [9.17, 15) is 0 Å². The number of aryl methyl sites for hydroxylation is 2. The third-order valence-corrected chi connectivity index (χ3v) is 3.95. The van der Waals surface area contributed by atoms with Crippen molar-refractivity contribution in [3.8, 4) is 11.4 Å². The molecule has 18 heavy (non-hydrogen) atoms. The molecule has 0 aliphatic carbocycles. The number of hydrogen-bond donors (Lipinski definition) is 1. The maximum atomic E-state index is 6.05. The molecule has 0 aliphatic rings. The molecule has 0 unspecified atom stereocenters. The Morgan fingerprint density at radius 3 is 2.89 bits per heavy atom. The lowest BCUT2D eigenvalue weighted by Crippen LogP contribution is -1.93. The normalized spacial score (nSPS) is 11.2. The fourth-order valence-corrected chi connectivity index (χ4v) is 2.74. The van der Waals surface area contributed by atoms with E-state index in [1.807, 2.05) is 17.4 Å². The summed E-state index contributed by atoms with van der Waals surface area (Å²) in [6, 6.07) is 3.98. The van der Waals surface area contributed by atoms with Gasteiger partial charge in [-0.2, -0.15) is 0 Å². The number of thiophene rings is 1. The lowest BCUT2D eigenvalue weighted by molar-refractivity contribution is 1.05. The van der Waals surface area contributed by atoms with E-state index in [0.717, 1.165) is 34.2 Å². The van der Waals surface area contributed by atoms with Crippen LogP contribution in [0.3, 0.4) is 0 Å². The molecule has 3 aromatic rings. The summed E-state index contributed by atoms with van der Waals surface area (Å²) in [4.78, 5) is 5.52. The van der Waals surface area contributed by atoms with Gasteiger partial charge in [-0.1, -0.05) is 6.92 Å². The molecule has 92 valence electrons. The molecule has 3 heterocycles. The monoisotopic (exact) mass is 259 g/mol. The fourth-order valence-electron chi connectivity index (χ4n) is 1.88. The molecular weight excluding hydrogens is 246 g/mol. The van der Waals surface area contributed by atoms with Gasteiger partial charge in [-0.15, -0.1) is 21.5 Å². The number of nitrogens with two attached hydrogens (primary N) is 1. The average Bonchev–Trinajstić information content (AvgIpc) is 2.91. The largest absolute Gasteiger partial charge is 0.390 e. The third kappa shape index (κ3) is 1.65. The Bertz CT molecular complexity index is 712. The van der Waals surface area contributed by atoms with Crippen LogP contribution < -0.4 is 5.73 Å². The van der Waals surface area contributed by atoms with Gasteiger partial charge < -0.3 is 5.73 Å². The SMILES string of the molecule is CCc1cc(-c2nnc3cc(C)ncn23)c(N)s1. The van der Waals surface area contributed by atoms with Gasteiger partial charge in [0, 0.05) is 16.6 Å². The summed E-state index contributed by atoms with van der Waals surface area (Å²) in [6.45, 7) is 4.05. The molecule has 6 heteroatoms. The molecule has 0 amide bonds. The van der Waals surface area contributed by atoms with Crippen molar-refractivity contribution in [1.29, 1.82) is 0 Å². The van der Waals surface area contributed by atoms with Gasteiger partial charge in [0.25, 0.3) is 0 Å². The minimum atomic E-state index is 0.756. The van der Waals surface area contributed by atoms with Gasteiger partial charge in [0.15, 0.2) is 11.5 Å². The van der Waals surface area contributed by atoms with Gasteiger partial charge in [-0.25, -0.2) is 4.98 Å². The van der Waals surface area contributed by atoms with E-state index in [2.05, 4.69) is 28.2 Å². The second-order valence-electron chi connectivity index (χ2n) is 4.13. The van der Waals surface area contributed by atoms with Crippen molar-refractivity contribution in [2.75, 3.05) is 5.73 Å². The Kier molecular flexibility index (Phi) is 2.52. The zero-order valence-electron chi connectivity index (χ0n) is 10.2. The van der Waals surface area contributed by atoms with Gasteiger partial charge in [-0.05, 0) is 19.4 Å². The van der Waals surface area contributed by atoms with Crippen molar-refractivity contribution >= 4 is 22.0 Å². The van der Waals surface area contributed by atoms with Gasteiger partial charge >= 0.3 is 0 Å². The minimum Gasteiger partial charge on any atom is -0.390 e. The molecule has 0 saturated heterocycles. The molecule has 2 N–H and O–H groups in total. The summed E-state index contributed by atoms with van der Waals surface area (Å²) in [7, 11) is 0. The lowest BCUT2D eigenvalue weighted by atomic mass is 10.2. The van der Waals surface area contributed by atoms with Crippen LogP contribution in [0, 0.1) is 6.92 Å². The van der Waals surface area contributed by atoms with Gasteiger partial charge in [0.2, 0.25) is 0 Å². The Morgan fingerprint density at radius 1 is 1.33 bits per heavy atom. The predicted octanol–water partition coefficient (Wildman–Crippen LogP) is 2.31. The molecule has 5 nitrogen and oxygen atoms in total. The first-order valence-electron chi connectivity index (χ1n) is 5.75. The summed E-state index contributed by atoms with van der Waals surface area (Å²) in [5, 5.41) is 9.15. The molecule has 3 aromatic heterocycles. The van der Waals surface area contributed by atoms with Crippen LogP contribution in [0.2, 0.25) is 0 Å². The minimum absolute atomic E-state index is 0.756. The van der Waals surface area contributed by atoms with Crippen LogP contribution >= 0.6 is 11.3 Å². The number of fused-ring (bicyclic) bond motifs is 1. The van der Waals surface area contributed by atoms with Gasteiger partial charge in [0.05, 0.1) is 10.6 Å². The maximum Gasteiger partial charge on any atom is 0.172 e. The first-order valence-corrected chi connectivity index (χ1v) is 6.56. The van der Waals surface area contributed by atoms with Gasteiger partial charge in [-0.3, -0.25) is 4.40 Å². The van der Waals surface area contributed by atoms with Gasteiger partial charge in [0.1, 0.15) is 6.33 Å². The predicted molar refractivity (Wildman–Crippen MR) is 72.6 cm³/mol. The molecule has 0 radical (unpaired) electrons.